The molecule has 1 saturated heterocycles. The van der Waals surface area contributed by atoms with Crippen LogP contribution in [0.3, 0.4) is 0 Å². The van der Waals surface area contributed by atoms with Gasteiger partial charge >= 0.3 is 0 Å². The van der Waals surface area contributed by atoms with Gasteiger partial charge in [0.2, 0.25) is 0 Å². The molecule has 0 bridgehead atoms. The van der Waals surface area contributed by atoms with E-state index in [-0.39, 0.29) is 11.8 Å². The molecule has 2 nitrogen and oxygen atoms in total. The van der Waals surface area contributed by atoms with Crippen molar-refractivity contribution in [3.63, 3.8) is 0 Å². The lowest BCUT2D eigenvalue weighted by Crippen LogP contribution is -2.48. The van der Waals surface area contributed by atoms with Crippen LogP contribution in [0.1, 0.15) is 16.8 Å². The fourth-order valence-corrected chi connectivity index (χ4v) is 1.59. The minimum Gasteiger partial charge on any atom is -0.307 e. The van der Waals surface area contributed by atoms with Crippen LogP contribution in [0.5, 0.6) is 0 Å². The van der Waals surface area contributed by atoms with E-state index in [0.717, 1.165) is 13.0 Å². The number of hydrogen-bond acceptors (Lipinski definition) is 2. The van der Waals surface area contributed by atoms with Gasteiger partial charge in [-0.2, -0.15) is 0 Å². The average molecular weight is 196 g/mol. The van der Waals surface area contributed by atoms with Crippen LogP contribution in [0, 0.1) is 0 Å². The van der Waals surface area contributed by atoms with Gasteiger partial charge in [-0.1, -0.05) is 23.7 Å². The first-order valence-corrected chi connectivity index (χ1v) is 4.69. The van der Waals surface area contributed by atoms with Crippen LogP contribution >= 0.6 is 11.6 Å². The van der Waals surface area contributed by atoms with Crippen molar-refractivity contribution in [1.29, 1.82) is 0 Å². The molecule has 1 N–H and O–H groups in total. The highest BCUT2D eigenvalue weighted by Gasteiger charge is 2.26. The first-order chi connectivity index (χ1) is 6.29. The summed E-state index contributed by atoms with van der Waals surface area (Å²) in [5.41, 5.74) is 0.626. The number of hydrogen-bond donors (Lipinski definition) is 1. The molecule has 1 atom stereocenters. The molecule has 68 valence electrons. The third kappa shape index (κ3) is 1.60. The van der Waals surface area contributed by atoms with Crippen LogP contribution in [0.2, 0.25) is 5.02 Å². The van der Waals surface area contributed by atoms with Crippen molar-refractivity contribution in [2.45, 2.75) is 12.5 Å². The number of Topliss-reactive ketones (excluding diaryl/α,β-unsaturated/α-hetero) is 1. The van der Waals surface area contributed by atoms with Crippen molar-refractivity contribution >= 4 is 17.4 Å². The Labute approximate surface area is 81.9 Å². The lowest BCUT2D eigenvalue weighted by atomic mass is 9.97. The van der Waals surface area contributed by atoms with Gasteiger partial charge in [-0.05, 0) is 25.1 Å². The second kappa shape index (κ2) is 3.48. The van der Waals surface area contributed by atoms with E-state index in [1.807, 2.05) is 12.1 Å². The number of rotatable bonds is 2. The van der Waals surface area contributed by atoms with E-state index in [9.17, 15) is 4.79 Å². The maximum atomic E-state index is 11.7. The van der Waals surface area contributed by atoms with Crippen LogP contribution < -0.4 is 5.32 Å². The van der Waals surface area contributed by atoms with Crippen LogP contribution in [0.25, 0.3) is 0 Å². The van der Waals surface area contributed by atoms with Crippen molar-refractivity contribution < 1.29 is 4.79 Å². The smallest absolute Gasteiger partial charge is 0.181 e. The largest absolute Gasteiger partial charge is 0.307 e. The van der Waals surface area contributed by atoms with Gasteiger partial charge < -0.3 is 5.32 Å². The highest BCUT2D eigenvalue weighted by atomic mass is 35.5. The summed E-state index contributed by atoms with van der Waals surface area (Å²) in [6.45, 7) is 0.931. The van der Waals surface area contributed by atoms with Crippen LogP contribution in [-0.2, 0) is 0 Å². The normalized spacial score (nSPS) is 20.8. The average Bonchev–Trinajstić information content (AvgIpc) is 2.01. The Morgan fingerprint density at radius 3 is 2.69 bits per heavy atom. The van der Waals surface area contributed by atoms with E-state index in [1.54, 1.807) is 12.1 Å². The van der Waals surface area contributed by atoms with Gasteiger partial charge in [0, 0.05) is 5.56 Å². The van der Waals surface area contributed by atoms with Crippen LogP contribution in [0.15, 0.2) is 24.3 Å². The number of carbonyl (C=O) groups is 1. The summed E-state index contributed by atoms with van der Waals surface area (Å²) >= 11 is 5.90. The number of carbonyl (C=O) groups excluding carboxylic acids is 1. The van der Waals surface area contributed by atoms with Crippen molar-refractivity contribution in [3.8, 4) is 0 Å². The molecule has 2 rings (SSSR count). The first kappa shape index (κ1) is 8.73. The molecule has 13 heavy (non-hydrogen) atoms. The van der Waals surface area contributed by atoms with Gasteiger partial charge in [0.15, 0.2) is 5.78 Å². The molecule has 1 aliphatic heterocycles. The molecule has 0 saturated carbocycles. The van der Waals surface area contributed by atoms with E-state index in [0.29, 0.717) is 10.6 Å². The summed E-state index contributed by atoms with van der Waals surface area (Å²) in [4.78, 5) is 11.7. The predicted molar refractivity (Wildman–Crippen MR) is 52.2 cm³/mol. The van der Waals surface area contributed by atoms with E-state index < -0.39 is 0 Å². The van der Waals surface area contributed by atoms with Gasteiger partial charge in [-0.3, -0.25) is 4.79 Å². The Bertz CT molecular complexity index is 333. The fourth-order valence-electron chi connectivity index (χ4n) is 1.36. The molecule has 0 spiro atoms. The zero-order chi connectivity index (χ0) is 9.26. The lowest BCUT2D eigenvalue weighted by molar-refractivity contribution is 0.0904. The summed E-state index contributed by atoms with van der Waals surface area (Å²) in [7, 11) is 0. The molecule has 0 aromatic heterocycles. The summed E-state index contributed by atoms with van der Waals surface area (Å²) in [6, 6.07) is 7.16. The predicted octanol–water partition coefficient (Wildman–Crippen LogP) is 1.88. The molecular formula is C10H10ClNO. The molecule has 1 heterocycles. The van der Waals surface area contributed by atoms with Crippen molar-refractivity contribution in [1.82, 2.24) is 5.32 Å². The molecule has 1 fully saturated rings. The maximum Gasteiger partial charge on any atom is 0.181 e. The highest BCUT2D eigenvalue weighted by Crippen LogP contribution is 2.19. The van der Waals surface area contributed by atoms with Crippen LogP contribution in [0.4, 0.5) is 0 Å². The molecule has 0 aliphatic carbocycles. The fraction of sp³-hybridized carbons (Fsp3) is 0.300. The number of ketones is 1. The van der Waals surface area contributed by atoms with E-state index in [1.165, 1.54) is 0 Å². The Morgan fingerprint density at radius 2 is 2.15 bits per heavy atom. The van der Waals surface area contributed by atoms with E-state index in [4.69, 9.17) is 11.6 Å². The molecule has 1 aromatic carbocycles. The van der Waals surface area contributed by atoms with Gasteiger partial charge in [-0.25, -0.2) is 0 Å². The van der Waals surface area contributed by atoms with E-state index in [2.05, 4.69) is 5.32 Å². The van der Waals surface area contributed by atoms with Gasteiger partial charge in [-0.15, -0.1) is 0 Å². The number of halogens is 1. The SMILES string of the molecule is O=C(c1ccccc1Cl)C1CCN1. The highest BCUT2D eigenvalue weighted by molar-refractivity contribution is 6.34. The molecule has 3 heteroatoms. The maximum absolute atomic E-state index is 11.7. The third-order valence-electron chi connectivity index (χ3n) is 2.28. The van der Waals surface area contributed by atoms with Gasteiger partial charge in [0.25, 0.3) is 0 Å². The van der Waals surface area contributed by atoms with Crippen molar-refractivity contribution in [2.24, 2.45) is 0 Å². The molecule has 1 aromatic rings. The topological polar surface area (TPSA) is 29.1 Å². The summed E-state index contributed by atoms with van der Waals surface area (Å²) in [5, 5.41) is 3.61. The molecule has 1 unspecified atom stereocenters. The Kier molecular flexibility index (Phi) is 2.34. The van der Waals surface area contributed by atoms with Crippen LogP contribution in [-0.4, -0.2) is 18.4 Å². The van der Waals surface area contributed by atoms with Gasteiger partial charge in [0.1, 0.15) is 0 Å². The standard InChI is InChI=1S/C10H10ClNO/c11-8-4-2-1-3-7(8)10(13)9-5-6-12-9/h1-4,9,12H,5-6H2. The van der Waals surface area contributed by atoms with Gasteiger partial charge in [0.05, 0.1) is 11.1 Å². The zero-order valence-corrected chi connectivity index (χ0v) is 7.84. The van der Waals surface area contributed by atoms with Crippen molar-refractivity contribution in [2.75, 3.05) is 6.54 Å². The zero-order valence-electron chi connectivity index (χ0n) is 7.09. The minimum absolute atomic E-state index is 0.0140. The number of benzene rings is 1. The summed E-state index contributed by atoms with van der Waals surface area (Å²) < 4.78 is 0. The number of nitrogens with one attached hydrogen (secondary N) is 1. The quantitative estimate of drug-likeness (QED) is 0.731. The summed E-state index contributed by atoms with van der Waals surface area (Å²) in [6.07, 6.45) is 0.921. The monoisotopic (exact) mass is 195 g/mol. The molecule has 0 radical (unpaired) electrons. The lowest BCUT2D eigenvalue weighted by Gasteiger charge is -2.26. The van der Waals surface area contributed by atoms with Crippen molar-refractivity contribution in [3.05, 3.63) is 34.9 Å². The Balaban J connectivity index is 2.24. The second-order valence-electron chi connectivity index (χ2n) is 3.14. The van der Waals surface area contributed by atoms with E-state index >= 15 is 0 Å². The Morgan fingerprint density at radius 1 is 1.46 bits per heavy atom. The molecule has 0 amide bonds. The third-order valence-corrected chi connectivity index (χ3v) is 2.61. The second-order valence-corrected chi connectivity index (χ2v) is 3.55. The summed E-state index contributed by atoms with van der Waals surface area (Å²) in [5.74, 6) is 0.108. The Hall–Kier alpha value is -0.860. The molecular weight excluding hydrogens is 186 g/mol. The first-order valence-electron chi connectivity index (χ1n) is 4.31. The minimum atomic E-state index is -0.0140. The molecule has 1 aliphatic rings.